The Balaban J connectivity index is 2.99. The first kappa shape index (κ1) is 14.4. The molecule has 1 rings (SSSR count). The molecule has 0 spiro atoms. The third kappa shape index (κ3) is 3.95. The van der Waals surface area contributed by atoms with E-state index >= 15 is 0 Å². The van der Waals surface area contributed by atoms with Crippen molar-refractivity contribution in [3.63, 3.8) is 0 Å². The lowest BCUT2D eigenvalue weighted by Gasteiger charge is -2.19. The van der Waals surface area contributed by atoms with Crippen molar-refractivity contribution >= 4 is 6.29 Å². The average Bonchev–Trinajstić information content (AvgIpc) is 2.34. The van der Waals surface area contributed by atoms with Gasteiger partial charge < -0.3 is 4.79 Å². The second-order valence-electron chi connectivity index (χ2n) is 4.62. The number of benzene rings is 1. The van der Waals surface area contributed by atoms with Crippen LogP contribution in [0.5, 0.6) is 0 Å². The summed E-state index contributed by atoms with van der Waals surface area (Å²) in [6.45, 7) is 3.76. The Kier molecular flexibility index (Phi) is 5.49. The number of nitro groups is 1. The maximum absolute atomic E-state index is 11.1. The molecular weight excluding hydrogens is 230 g/mol. The highest BCUT2D eigenvalue weighted by Gasteiger charge is 2.26. The number of carbonyl (C=O) groups excluding carboxylic acids is 1. The second kappa shape index (κ2) is 6.89. The molecule has 1 aromatic carbocycles. The van der Waals surface area contributed by atoms with Crippen LogP contribution in [0.3, 0.4) is 0 Å². The van der Waals surface area contributed by atoms with Crippen LogP contribution in [0.15, 0.2) is 24.3 Å². The minimum atomic E-state index is -0.337. The summed E-state index contributed by atoms with van der Waals surface area (Å²) in [5, 5.41) is 10.8. The van der Waals surface area contributed by atoms with Crippen molar-refractivity contribution in [3.05, 3.63) is 45.5 Å². The van der Waals surface area contributed by atoms with Gasteiger partial charge in [-0.25, -0.2) is 0 Å². The van der Waals surface area contributed by atoms with Gasteiger partial charge in [-0.15, -0.1) is 0 Å². The minimum Gasteiger partial charge on any atom is -0.303 e. The Morgan fingerprint density at radius 2 is 1.94 bits per heavy atom. The van der Waals surface area contributed by atoms with Crippen LogP contribution in [0.1, 0.15) is 36.8 Å². The molecule has 18 heavy (non-hydrogen) atoms. The third-order valence-electron chi connectivity index (χ3n) is 3.16. The van der Waals surface area contributed by atoms with Gasteiger partial charge in [-0.3, -0.25) is 10.1 Å². The molecule has 0 saturated carbocycles. The summed E-state index contributed by atoms with van der Waals surface area (Å²) < 4.78 is 0. The quantitative estimate of drug-likeness (QED) is 0.424. The van der Waals surface area contributed by atoms with Crippen LogP contribution >= 0.6 is 0 Å². The number of carbonyl (C=O) groups is 1. The van der Waals surface area contributed by atoms with Crippen molar-refractivity contribution in [1.82, 2.24) is 0 Å². The zero-order valence-electron chi connectivity index (χ0n) is 10.8. The molecule has 0 radical (unpaired) electrons. The molecule has 0 unspecified atom stereocenters. The molecule has 0 aromatic heterocycles. The molecule has 0 bridgehead atoms. The number of nitrogens with zero attached hydrogens (tertiary/aromatic N) is 1. The molecule has 2 atom stereocenters. The van der Waals surface area contributed by atoms with Crippen molar-refractivity contribution in [2.45, 2.75) is 32.6 Å². The summed E-state index contributed by atoms with van der Waals surface area (Å²) in [7, 11) is 0. The Bertz CT molecular complexity index is 400. The normalized spacial score (nSPS) is 13.9. The molecule has 4 nitrogen and oxygen atoms in total. The molecular formula is C14H19NO3. The zero-order valence-corrected chi connectivity index (χ0v) is 10.8. The summed E-state index contributed by atoms with van der Waals surface area (Å²) >= 11 is 0. The molecule has 0 amide bonds. The molecule has 0 fully saturated rings. The topological polar surface area (TPSA) is 60.2 Å². The first-order chi connectivity index (χ1) is 8.58. The lowest BCUT2D eigenvalue weighted by atomic mass is 9.84. The van der Waals surface area contributed by atoms with Gasteiger partial charge in [0, 0.05) is 10.8 Å². The Morgan fingerprint density at radius 1 is 1.33 bits per heavy atom. The number of aldehydes is 1. The summed E-state index contributed by atoms with van der Waals surface area (Å²) in [6.07, 6.45) is 2.40. The fraction of sp³-hybridized carbons (Fsp3) is 0.500. The lowest BCUT2D eigenvalue weighted by molar-refractivity contribution is -0.484. The zero-order chi connectivity index (χ0) is 13.5. The standard InChI is InChI=1S/C14H19NO3/c1-3-4-13(10-16)14(9-15(17)18)12-7-5-11(2)6-8-12/h5-8,10,13-14H,3-4,9H2,1-2H3/t13-,14+/m0/s1. The number of hydrogen-bond acceptors (Lipinski definition) is 3. The van der Waals surface area contributed by atoms with Gasteiger partial charge in [0.15, 0.2) is 0 Å². The predicted molar refractivity (Wildman–Crippen MR) is 70.2 cm³/mol. The number of hydrogen-bond donors (Lipinski definition) is 0. The van der Waals surface area contributed by atoms with Crippen molar-refractivity contribution < 1.29 is 9.72 Å². The summed E-state index contributed by atoms with van der Waals surface area (Å²) in [6, 6.07) is 7.62. The predicted octanol–water partition coefficient (Wildman–Crippen LogP) is 2.97. The van der Waals surface area contributed by atoms with E-state index in [-0.39, 0.29) is 23.3 Å². The van der Waals surface area contributed by atoms with Crippen LogP contribution < -0.4 is 0 Å². The van der Waals surface area contributed by atoms with E-state index < -0.39 is 0 Å². The van der Waals surface area contributed by atoms with Gasteiger partial charge >= 0.3 is 0 Å². The highest BCUT2D eigenvalue weighted by molar-refractivity contribution is 5.56. The fourth-order valence-corrected chi connectivity index (χ4v) is 2.16. The van der Waals surface area contributed by atoms with Gasteiger partial charge in [0.1, 0.15) is 6.29 Å². The lowest BCUT2D eigenvalue weighted by Crippen LogP contribution is -2.22. The molecule has 0 aliphatic heterocycles. The first-order valence-corrected chi connectivity index (χ1v) is 6.22. The molecule has 4 heteroatoms. The number of aryl methyl sites for hydroxylation is 1. The largest absolute Gasteiger partial charge is 0.303 e. The minimum absolute atomic E-state index is 0.188. The van der Waals surface area contributed by atoms with E-state index in [0.29, 0.717) is 6.42 Å². The van der Waals surface area contributed by atoms with Crippen molar-refractivity contribution in [1.29, 1.82) is 0 Å². The van der Waals surface area contributed by atoms with E-state index in [9.17, 15) is 14.9 Å². The van der Waals surface area contributed by atoms with Crippen LogP contribution in [0.4, 0.5) is 0 Å². The van der Waals surface area contributed by atoms with Crippen molar-refractivity contribution in [3.8, 4) is 0 Å². The highest BCUT2D eigenvalue weighted by atomic mass is 16.6. The summed E-state index contributed by atoms with van der Waals surface area (Å²) in [5.74, 6) is -0.596. The van der Waals surface area contributed by atoms with Crippen molar-refractivity contribution in [2.75, 3.05) is 6.54 Å². The van der Waals surface area contributed by atoms with Crippen LogP contribution in [0, 0.1) is 23.0 Å². The van der Waals surface area contributed by atoms with Gasteiger partial charge in [-0.2, -0.15) is 0 Å². The molecule has 0 saturated heterocycles. The molecule has 1 aromatic rings. The van der Waals surface area contributed by atoms with Crippen LogP contribution in [-0.4, -0.2) is 17.8 Å². The van der Waals surface area contributed by atoms with Gasteiger partial charge in [0.25, 0.3) is 0 Å². The van der Waals surface area contributed by atoms with Gasteiger partial charge in [-0.1, -0.05) is 43.2 Å². The van der Waals surface area contributed by atoms with Gasteiger partial charge in [-0.05, 0) is 18.9 Å². The molecule has 0 aliphatic carbocycles. The average molecular weight is 249 g/mol. The van der Waals surface area contributed by atoms with E-state index in [4.69, 9.17) is 0 Å². The Labute approximate surface area is 107 Å². The Morgan fingerprint density at radius 3 is 2.39 bits per heavy atom. The van der Waals surface area contributed by atoms with Crippen LogP contribution in [0.25, 0.3) is 0 Å². The SMILES string of the molecule is CCC[C@@H](C=O)[C@H](C[N+](=O)[O-])c1ccc(C)cc1. The first-order valence-electron chi connectivity index (χ1n) is 6.22. The second-order valence-corrected chi connectivity index (χ2v) is 4.62. The third-order valence-corrected chi connectivity index (χ3v) is 3.16. The van der Waals surface area contributed by atoms with Gasteiger partial charge in [0.05, 0.1) is 5.92 Å². The molecule has 0 N–H and O–H groups in total. The van der Waals surface area contributed by atoms with Crippen LogP contribution in [-0.2, 0) is 4.79 Å². The number of rotatable bonds is 7. The van der Waals surface area contributed by atoms with Crippen molar-refractivity contribution in [2.24, 2.45) is 5.92 Å². The van der Waals surface area contributed by atoms with E-state index in [1.807, 2.05) is 38.1 Å². The maximum atomic E-state index is 11.1. The van der Waals surface area contributed by atoms with Crippen LogP contribution in [0.2, 0.25) is 0 Å². The summed E-state index contributed by atoms with van der Waals surface area (Å²) in [4.78, 5) is 21.6. The molecule has 0 heterocycles. The Hall–Kier alpha value is -1.71. The maximum Gasteiger partial charge on any atom is 0.211 e. The summed E-state index contributed by atoms with van der Waals surface area (Å²) in [5.41, 5.74) is 1.99. The smallest absolute Gasteiger partial charge is 0.211 e. The fourth-order valence-electron chi connectivity index (χ4n) is 2.16. The van der Waals surface area contributed by atoms with E-state index in [1.165, 1.54) is 0 Å². The van der Waals surface area contributed by atoms with Gasteiger partial charge in [0.2, 0.25) is 6.54 Å². The monoisotopic (exact) mass is 249 g/mol. The van der Waals surface area contributed by atoms with E-state index in [1.54, 1.807) is 0 Å². The molecule has 0 aliphatic rings. The molecule has 98 valence electrons. The van der Waals surface area contributed by atoms with E-state index in [2.05, 4.69) is 0 Å². The van der Waals surface area contributed by atoms with E-state index in [0.717, 1.165) is 23.8 Å². The highest BCUT2D eigenvalue weighted by Crippen LogP contribution is 2.27.